The topological polar surface area (TPSA) is 63.2 Å². The van der Waals surface area contributed by atoms with E-state index in [1.807, 2.05) is 0 Å². The summed E-state index contributed by atoms with van der Waals surface area (Å²) in [6.07, 6.45) is 0. The maximum atomic E-state index is 11.7. The number of carbonyl (C=O) groups is 1. The van der Waals surface area contributed by atoms with Gasteiger partial charge in [0, 0.05) is 5.69 Å². The Hall–Kier alpha value is -1.36. The van der Waals surface area contributed by atoms with Gasteiger partial charge in [-0.1, -0.05) is 6.07 Å². The Morgan fingerprint density at radius 1 is 1.36 bits per heavy atom. The molecule has 1 amide bonds. The van der Waals surface area contributed by atoms with E-state index in [0.29, 0.717) is 5.69 Å². The summed E-state index contributed by atoms with van der Waals surface area (Å²) < 4.78 is 23.5. The van der Waals surface area contributed by atoms with Crippen molar-refractivity contribution in [3.05, 3.63) is 24.3 Å². The van der Waals surface area contributed by atoms with Crippen LogP contribution in [0, 0.1) is 0 Å². The minimum absolute atomic E-state index is 0.195. The second kappa shape index (κ2) is 2.81. The highest BCUT2D eigenvalue weighted by Gasteiger charge is 2.32. The van der Waals surface area contributed by atoms with Crippen LogP contribution in [0.2, 0.25) is 0 Å². The number of hydrogen-bond acceptors (Lipinski definition) is 3. The van der Waals surface area contributed by atoms with E-state index >= 15 is 0 Å². The number of amides is 1. The number of hydrogen-bond donors (Lipinski definition) is 1. The summed E-state index contributed by atoms with van der Waals surface area (Å²) in [5.74, 6) is -0.480. The van der Waals surface area contributed by atoms with E-state index in [-0.39, 0.29) is 4.90 Å². The average molecular weight is 211 g/mol. The molecular weight excluding hydrogens is 202 g/mol. The Balaban J connectivity index is 2.71. The molecule has 14 heavy (non-hydrogen) atoms. The average Bonchev–Trinajstić information content (AvgIpc) is 2.20. The molecule has 1 aliphatic rings. The van der Waals surface area contributed by atoms with Crippen LogP contribution in [0.3, 0.4) is 0 Å². The third-order valence-electron chi connectivity index (χ3n) is 2.26. The number of carbonyl (C=O) groups excluding carboxylic acids is 1. The number of anilines is 1. The maximum Gasteiger partial charge on any atom is 0.242 e. The molecule has 0 aromatic heterocycles. The zero-order chi connectivity index (χ0) is 10.3. The monoisotopic (exact) mass is 211 g/mol. The number of nitrogens with one attached hydrogen (secondary N) is 1. The van der Waals surface area contributed by atoms with Crippen LogP contribution in [-0.2, 0) is 14.6 Å². The fourth-order valence-electron chi connectivity index (χ4n) is 1.34. The molecule has 1 aromatic carbocycles. The van der Waals surface area contributed by atoms with Crippen LogP contribution in [0.5, 0.6) is 0 Å². The van der Waals surface area contributed by atoms with Crippen molar-refractivity contribution in [3.63, 3.8) is 0 Å². The summed E-state index contributed by atoms with van der Waals surface area (Å²) in [4.78, 5) is 11.6. The summed E-state index contributed by atoms with van der Waals surface area (Å²) in [5, 5.41) is 1.51. The number of sulfone groups is 1. The molecule has 0 fully saturated rings. The zero-order valence-corrected chi connectivity index (χ0v) is 8.34. The largest absolute Gasteiger partial charge is 0.325 e. The molecule has 2 bridgehead atoms. The molecule has 0 saturated heterocycles. The molecular formula is C9H9NO3S. The molecule has 2 rings (SSSR count). The van der Waals surface area contributed by atoms with Crippen molar-refractivity contribution in [3.8, 4) is 0 Å². The van der Waals surface area contributed by atoms with Crippen LogP contribution in [-0.4, -0.2) is 19.6 Å². The van der Waals surface area contributed by atoms with Crippen molar-refractivity contribution in [2.75, 3.05) is 5.32 Å². The molecule has 4 nitrogen and oxygen atoms in total. The zero-order valence-electron chi connectivity index (χ0n) is 7.52. The van der Waals surface area contributed by atoms with E-state index in [1.54, 1.807) is 12.1 Å². The first-order valence-corrected chi connectivity index (χ1v) is 5.71. The smallest absolute Gasteiger partial charge is 0.242 e. The molecule has 74 valence electrons. The Labute approximate surface area is 81.9 Å². The lowest BCUT2D eigenvalue weighted by atomic mass is 10.3. The van der Waals surface area contributed by atoms with Crippen molar-refractivity contribution in [1.29, 1.82) is 0 Å². The van der Waals surface area contributed by atoms with E-state index in [1.165, 1.54) is 19.1 Å². The van der Waals surface area contributed by atoms with Gasteiger partial charge in [0.2, 0.25) is 5.91 Å². The standard InChI is InChI=1S/C9H9NO3S/c1-6-9(11)10-7-3-2-4-8(5-7)14(6,12)13/h2-6H,1H3,(H,10,11). The molecule has 1 N–H and O–H groups in total. The van der Waals surface area contributed by atoms with Gasteiger partial charge in [0.05, 0.1) is 4.90 Å². The lowest BCUT2D eigenvalue weighted by Gasteiger charge is -2.07. The summed E-state index contributed by atoms with van der Waals surface area (Å²) >= 11 is 0. The molecule has 1 aliphatic heterocycles. The Morgan fingerprint density at radius 3 is 2.79 bits per heavy atom. The molecule has 1 atom stereocenters. The van der Waals surface area contributed by atoms with Gasteiger partial charge in [0.1, 0.15) is 5.25 Å². The lowest BCUT2D eigenvalue weighted by Crippen LogP contribution is -2.30. The summed E-state index contributed by atoms with van der Waals surface area (Å²) in [7, 11) is -3.50. The third kappa shape index (κ3) is 1.21. The first-order valence-electron chi connectivity index (χ1n) is 4.16. The van der Waals surface area contributed by atoms with E-state index in [0.717, 1.165) is 0 Å². The minimum atomic E-state index is -3.50. The van der Waals surface area contributed by atoms with Crippen LogP contribution < -0.4 is 5.32 Å². The number of rotatable bonds is 0. The highest BCUT2D eigenvalue weighted by atomic mass is 32.2. The van der Waals surface area contributed by atoms with Crippen LogP contribution in [0.4, 0.5) is 5.69 Å². The van der Waals surface area contributed by atoms with E-state index in [2.05, 4.69) is 5.32 Å². The van der Waals surface area contributed by atoms with Crippen molar-refractivity contribution < 1.29 is 13.2 Å². The van der Waals surface area contributed by atoms with Crippen molar-refractivity contribution in [2.24, 2.45) is 0 Å². The second-order valence-electron chi connectivity index (χ2n) is 3.20. The van der Waals surface area contributed by atoms with Crippen LogP contribution in [0.15, 0.2) is 29.2 Å². The van der Waals surface area contributed by atoms with Gasteiger partial charge in [0.15, 0.2) is 9.84 Å². The highest BCUT2D eigenvalue weighted by molar-refractivity contribution is 7.92. The van der Waals surface area contributed by atoms with Gasteiger partial charge in [-0.15, -0.1) is 0 Å². The normalized spacial score (nSPS) is 23.8. The van der Waals surface area contributed by atoms with Gasteiger partial charge in [-0.05, 0) is 25.1 Å². The lowest BCUT2D eigenvalue weighted by molar-refractivity contribution is -0.115. The molecule has 0 saturated carbocycles. The predicted molar refractivity (Wildman–Crippen MR) is 51.7 cm³/mol. The van der Waals surface area contributed by atoms with Gasteiger partial charge in [-0.2, -0.15) is 0 Å². The summed E-state index contributed by atoms with van der Waals surface area (Å²) in [6.45, 7) is 1.39. The summed E-state index contributed by atoms with van der Waals surface area (Å²) in [6, 6.07) is 6.24. The fraction of sp³-hybridized carbons (Fsp3) is 0.222. The van der Waals surface area contributed by atoms with Gasteiger partial charge >= 0.3 is 0 Å². The van der Waals surface area contributed by atoms with Crippen molar-refractivity contribution in [1.82, 2.24) is 0 Å². The third-order valence-corrected chi connectivity index (χ3v) is 4.32. The quantitative estimate of drug-likeness (QED) is 0.690. The maximum absolute atomic E-state index is 11.7. The molecule has 5 heteroatoms. The Morgan fingerprint density at radius 2 is 2.07 bits per heavy atom. The predicted octanol–water partition coefficient (Wildman–Crippen LogP) is 0.801. The van der Waals surface area contributed by atoms with Crippen LogP contribution >= 0.6 is 0 Å². The Bertz CT molecular complexity index is 493. The molecule has 1 unspecified atom stereocenters. The fourth-order valence-corrected chi connectivity index (χ4v) is 2.65. The molecule has 0 aliphatic carbocycles. The second-order valence-corrected chi connectivity index (χ2v) is 5.47. The highest BCUT2D eigenvalue weighted by Crippen LogP contribution is 2.24. The molecule has 1 aromatic rings. The molecule has 0 spiro atoms. The number of benzene rings is 1. The number of fused-ring (bicyclic) bond motifs is 2. The van der Waals surface area contributed by atoms with Crippen LogP contribution in [0.1, 0.15) is 6.92 Å². The van der Waals surface area contributed by atoms with E-state index in [9.17, 15) is 13.2 Å². The van der Waals surface area contributed by atoms with Gasteiger partial charge < -0.3 is 5.32 Å². The Kier molecular flexibility index (Phi) is 1.85. The molecule has 0 radical (unpaired) electrons. The minimum Gasteiger partial charge on any atom is -0.325 e. The molecule has 1 heterocycles. The SMILES string of the molecule is CC1C(=O)Nc2cccc(c2)S1(=O)=O. The van der Waals surface area contributed by atoms with Crippen molar-refractivity contribution >= 4 is 21.4 Å². The van der Waals surface area contributed by atoms with Gasteiger partial charge in [-0.25, -0.2) is 8.42 Å². The van der Waals surface area contributed by atoms with Gasteiger partial charge in [-0.3, -0.25) is 4.79 Å². The van der Waals surface area contributed by atoms with Crippen molar-refractivity contribution in [2.45, 2.75) is 17.1 Å². The van der Waals surface area contributed by atoms with Gasteiger partial charge in [0.25, 0.3) is 0 Å². The van der Waals surface area contributed by atoms with E-state index < -0.39 is 21.0 Å². The summed E-state index contributed by atoms with van der Waals surface area (Å²) in [5.41, 5.74) is 0.528. The van der Waals surface area contributed by atoms with E-state index in [4.69, 9.17) is 0 Å². The van der Waals surface area contributed by atoms with Crippen LogP contribution in [0.25, 0.3) is 0 Å². The first-order chi connectivity index (χ1) is 6.51. The first kappa shape index (κ1) is 9.21.